The first kappa shape index (κ1) is 22.7. The van der Waals surface area contributed by atoms with Crippen molar-refractivity contribution in [1.82, 2.24) is 4.57 Å². The molecule has 0 bridgehead atoms. The summed E-state index contributed by atoms with van der Waals surface area (Å²) in [5, 5.41) is 1.81. The summed E-state index contributed by atoms with van der Waals surface area (Å²) in [5.41, 5.74) is 11.8. The van der Waals surface area contributed by atoms with Crippen LogP contribution < -0.4 is 10.5 Å². The van der Waals surface area contributed by atoms with Gasteiger partial charge in [0.25, 0.3) is 0 Å². The lowest BCUT2D eigenvalue weighted by molar-refractivity contribution is 0.100. The minimum absolute atomic E-state index is 0.422. The zero-order chi connectivity index (χ0) is 24.2. The molecular weight excluding hydrogens is 432 g/mol. The third-order valence-electron chi connectivity index (χ3n) is 6.43. The Hall–Kier alpha value is -4.05. The van der Waals surface area contributed by atoms with Crippen molar-refractivity contribution in [2.75, 3.05) is 0 Å². The Balaban J connectivity index is 1.55. The molecule has 0 atom stereocenters. The molecule has 1 radical (unpaired) electrons. The number of rotatable bonds is 9. The van der Waals surface area contributed by atoms with E-state index < -0.39 is 5.91 Å². The summed E-state index contributed by atoms with van der Waals surface area (Å²) in [4.78, 5) is 12.3. The van der Waals surface area contributed by atoms with E-state index in [0.29, 0.717) is 18.7 Å². The number of primary amides is 1. The van der Waals surface area contributed by atoms with E-state index in [0.717, 1.165) is 57.9 Å². The maximum absolute atomic E-state index is 12.3. The van der Waals surface area contributed by atoms with Crippen molar-refractivity contribution >= 4 is 27.7 Å². The number of unbranched alkanes of at least 4 members (excludes halogenated alkanes) is 1. The van der Waals surface area contributed by atoms with Crippen LogP contribution in [0.25, 0.3) is 21.8 Å². The van der Waals surface area contributed by atoms with Crippen molar-refractivity contribution in [2.45, 2.75) is 39.3 Å². The van der Waals surface area contributed by atoms with Gasteiger partial charge in [0, 0.05) is 22.9 Å². The summed E-state index contributed by atoms with van der Waals surface area (Å²) < 4.78 is 8.33. The highest BCUT2D eigenvalue weighted by atomic mass is 16.5. The topological polar surface area (TPSA) is 57.2 Å². The zero-order valence-corrected chi connectivity index (χ0v) is 20.0. The van der Waals surface area contributed by atoms with Crippen molar-refractivity contribution in [1.29, 1.82) is 0 Å². The second-order valence-electron chi connectivity index (χ2n) is 8.94. The number of nitrogens with two attached hydrogens (primary N) is 1. The molecule has 175 valence electrons. The molecule has 5 rings (SSSR count). The summed E-state index contributed by atoms with van der Waals surface area (Å²) in [6, 6.07) is 31.9. The number of carbonyl (C=O) groups excluding carboxylic acids is 1. The highest BCUT2D eigenvalue weighted by molar-refractivity contribution is 6.17. The molecule has 0 unspecified atom stereocenters. The molecular formula is C31H29N2O2. The highest BCUT2D eigenvalue weighted by Crippen LogP contribution is 2.33. The molecule has 5 aromatic rings. The van der Waals surface area contributed by atoms with E-state index in [9.17, 15) is 4.79 Å². The SMILES string of the molecule is CCCCc1c[c]c2c3c(C(N)=O)cccc3n(Cc3cccc(OCc4ccccc4)c3)c2c1. The van der Waals surface area contributed by atoms with Gasteiger partial charge in [-0.15, -0.1) is 0 Å². The predicted octanol–water partition coefficient (Wildman–Crippen LogP) is 6.66. The number of fused-ring (bicyclic) bond motifs is 3. The number of ether oxygens (including phenoxy) is 1. The Morgan fingerprint density at radius 2 is 1.71 bits per heavy atom. The summed E-state index contributed by atoms with van der Waals surface area (Å²) in [6.45, 7) is 3.37. The lowest BCUT2D eigenvalue weighted by Gasteiger charge is -2.11. The van der Waals surface area contributed by atoms with Crippen LogP contribution in [0.4, 0.5) is 0 Å². The van der Waals surface area contributed by atoms with E-state index in [-0.39, 0.29) is 0 Å². The Morgan fingerprint density at radius 3 is 2.51 bits per heavy atom. The largest absolute Gasteiger partial charge is 0.489 e. The number of benzene rings is 4. The normalized spacial score (nSPS) is 11.2. The van der Waals surface area contributed by atoms with E-state index >= 15 is 0 Å². The average Bonchev–Trinajstić information content (AvgIpc) is 3.20. The van der Waals surface area contributed by atoms with Crippen LogP contribution in [0.2, 0.25) is 0 Å². The third kappa shape index (κ3) is 4.78. The number of aromatic nitrogens is 1. The first-order chi connectivity index (χ1) is 17.1. The maximum atomic E-state index is 12.3. The van der Waals surface area contributed by atoms with Gasteiger partial charge >= 0.3 is 0 Å². The van der Waals surface area contributed by atoms with E-state index in [2.05, 4.69) is 60.0 Å². The van der Waals surface area contributed by atoms with Gasteiger partial charge in [-0.1, -0.05) is 67.9 Å². The fraction of sp³-hybridized carbons (Fsp3) is 0.194. The first-order valence-corrected chi connectivity index (χ1v) is 12.1. The van der Waals surface area contributed by atoms with Gasteiger partial charge in [0.15, 0.2) is 0 Å². The number of hydrogen-bond donors (Lipinski definition) is 1. The number of amides is 1. The van der Waals surface area contributed by atoms with Crippen LogP contribution in [0.1, 0.15) is 46.8 Å². The predicted molar refractivity (Wildman–Crippen MR) is 142 cm³/mol. The van der Waals surface area contributed by atoms with E-state index in [1.165, 1.54) is 5.56 Å². The van der Waals surface area contributed by atoms with Crippen LogP contribution in [0, 0.1) is 6.07 Å². The third-order valence-corrected chi connectivity index (χ3v) is 6.43. The fourth-order valence-corrected chi connectivity index (χ4v) is 4.66. The van der Waals surface area contributed by atoms with Crippen molar-refractivity contribution < 1.29 is 9.53 Å². The summed E-state index contributed by atoms with van der Waals surface area (Å²) in [5.74, 6) is 0.412. The highest BCUT2D eigenvalue weighted by Gasteiger charge is 2.17. The van der Waals surface area contributed by atoms with Gasteiger partial charge in [0.2, 0.25) is 5.91 Å². The van der Waals surface area contributed by atoms with E-state index in [4.69, 9.17) is 10.5 Å². The Bertz CT molecular complexity index is 1480. The molecule has 0 saturated carbocycles. The van der Waals surface area contributed by atoms with Crippen LogP contribution in [-0.2, 0) is 19.6 Å². The van der Waals surface area contributed by atoms with Gasteiger partial charge in [-0.25, -0.2) is 0 Å². The monoisotopic (exact) mass is 461 g/mol. The van der Waals surface area contributed by atoms with Gasteiger partial charge in [-0.3, -0.25) is 4.79 Å². The smallest absolute Gasteiger partial charge is 0.249 e. The summed E-state index contributed by atoms with van der Waals surface area (Å²) in [7, 11) is 0. The number of nitrogens with zero attached hydrogens (tertiary/aromatic N) is 1. The Morgan fingerprint density at radius 1 is 0.914 bits per heavy atom. The molecule has 2 N–H and O–H groups in total. The molecule has 1 aromatic heterocycles. The van der Waals surface area contributed by atoms with Gasteiger partial charge in [0.1, 0.15) is 12.4 Å². The molecule has 35 heavy (non-hydrogen) atoms. The molecule has 0 spiro atoms. The second kappa shape index (κ2) is 10.1. The molecule has 1 heterocycles. The van der Waals surface area contributed by atoms with Crippen molar-refractivity contribution in [3.05, 3.63) is 113 Å². The van der Waals surface area contributed by atoms with Crippen LogP contribution in [-0.4, -0.2) is 10.5 Å². The van der Waals surface area contributed by atoms with Crippen LogP contribution in [0.5, 0.6) is 5.75 Å². The molecule has 0 aliphatic carbocycles. The lowest BCUT2D eigenvalue weighted by atomic mass is 10.0. The second-order valence-corrected chi connectivity index (χ2v) is 8.94. The van der Waals surface area contributed by atoms with E-state index in [1.807, 2.05) is 36.4 Å². The van der Waals surface area contributed by atoms with E-state index in [1.54, 1.807) is 6.07 Å². The zero-order valence-electron chi connectivity index (χ0n) is 20.0. The molecule has 0 aliphatic heterocycles. The number of aryl methyl sites for hydroxylation is 1. The molecule has 0 aliphatic rings. The van der Waals surface area contributed by atoms with Crippen molar-refractivity contribution in [3.63, 3.8) is 0 Å². The Kier molecular flexibility index (Phi) is 6.53. The van der Waals surface area contributed by atoms with Gasteiger partial charge in [-0.2, -0.15) is 0 Å². The molecule has 0 fully saturated rings. The minimum Gasteiger partial charge on any atom is -0.489 e. The minimum atomic E-state index is -0.422. The van der Waals surface area contributed by atoms with Gasteiger partial charge < -0.3 is 15.0 Å². The summed E-state index contributed by atoms with van der Waals surface area (Å²) >= 11 is 0. The van der Waals surface area contributed by atoms with Crippen molar-refractivity contribution in [3.8, 4) is 5.75 Å². The quantitative estimate of drug-likeness (QED) is 0.267. The summed E-state index contributed by atoms with van der Waals surface area (Å²) in [6.07, 6.45) is 3.28. The van der Waals surface area contributed by atoms with Crippen molar-refractivity contribution in [2.24, 2.45) is 5.73 Å². The lowest BCUT2D eigenvalue weighted by Crippen LogP contribution is -2.11. The molecule has 4 aromatic carbocycles. The number of carbonyl (C=O) groups is 1. The average molecular weight is 462 g/mol. The Labute approximate surface area is 205 Å². The molecule has 1 amide bonds. The standard InChI is InChI=1S/C31H29N2O2/c1-2-3-9-22-16-17-26-29(19-22)33(28-15-8-14-27(30(26)28)31(32)34)20-24-12-7-13-25(18-24)35-21-23-10-5-4-6-11-23/h4-8,10-16,18-19H,2-3,9,20-21H2,1H3,(H2,32,34). The molecule has 0 saturated heterocycles. The maximum Gasteiger partial charge on any atom is 0.249 e. The molecule has 4 nitrogen and oxygen atoms in total. The van der Waals surface area contributed by atoms with Gasteiger partial charge in [-0.05, 0) is 65.9 Å². The van der Waals surface area contributed by atoms with Crippen LogP contribution in [0.3, 0.4) is 0 Å². The first-order valence-electron chi connectivity index (χ1n) is 12.1. The van der Waals surface area contributed by atoms with Crippen LogP contribution >= 0.6 is 0 Å². The molecule has 4 heteroatoms. The number of hydrogen-bond acceptors (Lipinski definition) is 2. The fourth-order valence-electron chi connectivity index (χ4n) is 4.66. The van der Waals surface area contributed by atoms with Crippen LogP contribution in [0.15, 0.2) is 84.9 Å². The van der Waals surface area contributed by atoms with Gasteiger partial charge in [0.05, 0.1) is 11.0 Å².